The summed E-state index contributed by atoms with van der Waals surface area (Å²) in [7, 11) is 0. The molecule has 0 N–H and O–H groups in total. The summed E-state index contributed by atoms with van der Waals surface area (Å²) in [5.74, 6) is 0.296. The Morgan fingerprint density at radius 1 is 1.08 bits per heavy atom. The highest BCUT2D eigenvalue weighted by Crippen LogP contribution is 2.39. The topological polar surface area (TPSA) is 67.2 Å². The van der Waals surface area contributed by atoms with Crippen molar-refractivity contribution in [3.8, 4) is 0 Å². The lowest BCUT2D eigenvalue weighted by molar-refractivity contribution is -0.0246. The third-order valence-electron chi connectivity index (χ3n) is 4.96. The number of hydrogen-bond donors (Lipinski definition) is 0. The predicted octanol–water partition coefficient (Wildman–Crippen LogP) is 5.36. The smallest absolute Gasteiger partial charge is 0.266 e. The van der Waals surface area contributed by atoms with Gasteiger partial charge in [-0.3, -0.25) is 0 Å². The molecule has 25 heavy (non-hydrogen) atoms. The van der Waals surface area contributed by atoms with Crippen molar-refractivity contribution in [2.45, 2.75) is 31.6 Å². The average molecular weight is 333 g/mol. The van der Waals surface area contributed by atoms with Crippen molar-refractivity contribution in [1.29, 1.82) is 0 Å². The number of hydrogen-bond acceptors (Lipinski definition) is 3. The molecule has 1 heterocycles. The molecule has 2 aliphatic rings. The minimum Gasteiger partial charge on any atom is -0.455 e. The van der Waals surface area contributed by atoms with Gasteiger partial charge in [0.25, 0.3) is 6.29 Å². The van der Waals surface area contributed by atoms with Gasteiger partial charge in [0.15, 0.2) is 0 Å². The van der Waals surface area contributed by atoms with Crippen LogP contribution in [0.3, 0.4) is 0 Å². The van der Waals surface area contributed by atoms with Crippen LogP contribution in [0.1, 0.15) is 41.0 Å². The maximum Gasteiger partial charge on any atom is 0.266 e. The van der Waals surface area contributed by atoms with E-state index in [1.807, 2.05) is 24.3 Å². The number of rotatable bonds is 4. The molecule has 2 atom stereocenters. The van der Waals surface area contributed by atoms with Crippen LogP contribution in [0.4, 0.5) is 0 Å². The lowest BCUT2D eigenvalue weighted by atomic mass is 9.77. The van der Waals surface area contributed by atoms with Gasteiger partial charge >= 0.3 is 0 Å². The molecule has 0 aromatic heterocycles. The lowest BCUT2D eigenvalue weighted by Gasteiger charge is -2.31. The fourth-order valence-electron chi connectivity index (χ4n) is 3.79. The van der Waals surface area contributed by atoms with E-state index in [-0.39, 0.29) is 12.3 Å². The zero-order valence-electron chi connectivity index (χ0n) is 13.8. The molecule has 1 aliphatic carbocycles. The Hall–Kier alpha value is -2.91. The van der Waals surface area contributed by atoms with Gasteiger partial charge in [-0.05, 0) is 53.5 Å². The Morgan fingerprint density at radius 3 is 2.76 bits per heavy atom. The molecule has 5 heteroatoms. The molecule has 5 nitrogen and oxygen atoms in total. The highest BCUT2D eigenvalue weighted by Gasteiger charge is 2.29. The van der Waals surface area contributed by atoms with Gasteiger partial charge in [0.2, 0.25) is 0 Å². The molecular weight excluding hydrogens is 314 g/mol. The van der Waals surface area contributed by atoms with E-state index in [9.17, 15) is 0 Å². The zero-order valence-corrected chi connectivity index (χ0v) is 13.8. The fourth-order valence-corrected chi connectivity index (χ4v) is 3.79. The first-order valence-corrected chi connectivity index (χ1v) is 8.52. The molecule has 0 saturated heterocycles. The van der Waals surface area contributed by atoms with E-state index in [1.54, 1.807) is 12.5 Å². The number of ether oxygens (including phenoxy) is 2. The first-order valence-electron chi connectivity index (χ1n) is 8.52. The van der Waals surface area contributed by atoms with Gasteiger partial charge in [-0.15, -0.1) is 0 Å². The number of fused-ring (bicyclic) bond motifs is 1. The van der Waals surface area contributed by atoms with E-state index in [0.717, 1.165) is 24.8 Å². The summed E-state index contributed by atoms with van der Waals surface area (Å²) >= 11 is 0. The minimum absolute atomic E-state index is 0.112. The van der Waals surface area contributed by atoms with Crippen molar-refractivity contribution < 1.29 is 9.47 Å². The predicted molar refractivity (Wildman–Crippen MR) is 94.3 cm³/mol. The molecule has 0 bridgehead atoms. The van der Waals surface area contributed by atoms with Crippen LogP contribution in [-0.2, 0) is 22.3 Å². The Balaban J connectivity index is 1.58. The molecule has 2 unspecified atom stereocenters. The second-order valence-electron chi connectivity index (χ2n) is 6.47. The number of nitrogens with zero attached hydrogens (tertiary/aromatic N) is 3. The molecular formula is C20H19N3O2. The Bertz CT molecular complexity index is 834. The molecule has 1 aliphatic heterocycles. The van der Waals surface area contributed by atoms with Crippen molar-refractivity contribution in [3.63, 3.8) is 0 Å². The van der Waals surface area contributed by atoms with Crippen molar-refractivity contribution >= 4 is 0 Å². The van der Waals surface area contributed by atoms with Crippen LogP contribution in [0, 0.1) is 5.92 Å². The summed E-state index contributed by atoms with van der Waals surface area (Å²) in [5.41, 5.74) is 13.7. The van der Waals surface area contributed by atoms with Crippen LogP contribution in [0.2, 0.25) is 0 Å². The van der Waals surface area contributed by atoms with Crippen molar-refractivity contribution in [2.75, 3.05) is 0 Å². The first kappa shape index (κ1) is 15.6. The number of azide groups is 1. The maximum atomic E-state index is 9.03. The second kappa shape index (κ2) is 6.91. The van der Waals surface area contributed by atoms with E-state index >= 15 is 0 Å². The Morgan fingerprint density at radius 2 is 1.92 bits per heavy atom. The van der Waals surface area contributed by atoms with Gasteiger partial charge in [-0.1, -0.05) is 47.6 Å². The quantitative estimate of drug-likeness (QED) is 0.429. The van der Waals surface area contributed by atoms with Crippen molar-refractivity contribution in [2.24, 2.45) is 11.0 Å². The summed E-state index contributed by atoms with van der Waals surface area (Å²) in [4.78, 5) is 3.11. The molecule has 0 saturated carbocycles. The summed E-state index contributed by atoms with van der Waals surface area (Å²) in [5, 5.41) is 4.12. The highest BCUT2D eigenvalue weighted by molar-refractivity contribution is 5.34. The Labute approximate surface area is 146 Å². The van der Waals surface area contributed by atoms with Crippen LogP contribution >= 0.6 is 0 Å². The van der Waals surface area contributed by atoms with E-state index < -0.39 is 0 Å². The van der Waals surface area contributed by atoms with Crippen LogP contribution in [-0.4, -0.2) is 0 Å². The van der Waals surface area contributed by atoms with Crippen LogP contribution in [0.25, 0.3) is 10.4 Å². The molecule has 0 fully saturated rings. The Kier molecular flexibility index (Phi) is 4.32. The van der Waals surface area contributed by atoms with E-state index in [2.05, 4.69) is 34.3 Å². The van der Waals surface area contributed by atoms with Gasteiger partial charge < -0.3 is 9.47 Å². The molecule has 0 spiro atoms. The molecule has 2 aromatic rings. The van der Waals surface area contributed by atoms with E-state index in [0.29, 0.717) is 5.92 Å². The fraction of sp³-hybridized carbons (Fsp3) is 0.300. The van der Waals surface area contributed by atoms with E-state index in [1.165, 1.54) is 16.7 Å². The number of aryl methyl sites for hydroxylation is 1. The lowest BCUT2D eigenvalue weighted by Crippen LogP contribution is -2.21. The summed E-state index contributed by atoms with van der Waals surface area (Å²) in [6.45, 7) is 0. The largest absolute Gasteiger partial charge is 0.455 e. The minimum atomic E-state index is -0.361. The van der Waals surface area contributed by atoms with Gasteiger partial charge in [0.1, 0.15) is 12.5 Å². The second-order valence-corrected chi connectivity index (χ2v) is 6.47. The maximum absolute atomic E-state index is 9.03. The average Bonchev–Trinajstić information content (AvgIpc) is 3.19. The van der Waals surface area contributed by atoms with Crippen molar-refractivity contribution in [1.82, 2.24) is 0 Å². The monoisotopic (exact) mass is 333 g/mol. The standard InChI is InChI=1S/C20H19N3O2/c21-23-22-19-16(9-8-15-5-1-2-7-18(15)19)12-14-4-3-6-17(13-14)20-24-10-11-25-20/h1-7,10-11,13,16,19-20H,8-9,12H2. The van der Waals surface area contributed by atoms with Gasteiger partial charge in [-0.25, -0.2) is 0 Å². The van der Waals surface area contributed by atoms with Crippen LogP contribution < -0.4 is 0 Å². The SMILES string of the molecule is [N-]=[N+]=NC1c2ccccc2CCC1Cc1cccc(C2OC=CO2)c1. The highest BCUT2D eigenvalue weighted by atomic mass is 16.7. The molecule has 0 amide bonds. The molecule has 126 valence electrons. The van der Waals surface area contributed by atoms with Gasteiger partial charge in [0.05, 0.1) is 6.04 Å². The van der Waals surface area contributed by atoms with Crippen LogP contribution in [0.15, 0.2) is 66.2 Å². The van der Waals surface area contributed by atoms with Gasteiger partial charge in [0, 0.05) is 10.5 Å². The summed E-state index contributed by atoms with van der Waals surface area (Å²) in [6, 6.07) is 16.4. The van der Waals surface area contributed by atoms with Crippen molar-refractivity contribution in [3.05, 3.63) is 93.8 Å². The molecule has 2 aromatic carbocycles. The third kappa shape index (κ3) is 3.19. The zero-order chi connectivity index (χ0) is 17.1. The van der Waals surface area contributed by atoms with Crippen LogP contribution in [0.5, 0.6) is 0 Å². The number of benzene rings is 2. The molecule has 0 radical (unpaired) electrons. The normalized spacial score (nSPS) is 21.8. The first-order chi connectivity index (χ1) is 12.3. The molecule has 4 rings (SSSR count). The third-order valence-corrected chi connectivity index (χ3v) is 4.96. The van der Waals surface area contributed by atoms with E-state index in [4.69, 9.17) is 15.0 Å². The van der Waals surface area contributed by atoms with Gasteiger partial charge in [-0.2, -0.15) is 0 Å². The summed E-state index contributed by atoms with van der Waals surface area (Å²) in [6.07, 6.45) is 5.67. The summed E-state index contributed by atoms with van der Waals surface area (Å²) < 4.78 is 10.8.